The van der Waals surface area contributed by atoms with Crippen molar-refractivity contribution in [2.24, 2.45) is 0 Å². The van der Waals surface area contributed by atoms with Gasteiger partial charge >= 0.3 is 0 Å². The van der Waals surface area contributed by atoms with Crippen LogP contribution in [0.4, 0.5) is 0 Å². The number of nitrogens with one attached hydrogen (secondary N) is 1. The van der Waals surface area contributed by atoms with Crippen molar-refractivity contribution >= 4 is 15.9 Å². The first kappa shape index (κ1) is 13.5. The van der Waals surface area contributed by atoms with Crippen LogP contribution in [0.15, 0.2) is 35.3 Å². The number of hydrogen-bond acceptors (Lipinski definition) is 1. The Morgan fingerprint density at radius 1 is 1.44 bits per heavy atom. The lowest BCUT2D eigenvalue weighted by Crippen LogP contribution is -2.20. The summed E-state index contributed by atoms with van der Waals surface area (Å²) in [6.45, 7) is 9.05. The summed E-state index contributed by atoms with van der Waals surface area (Å²) in [6, 6.07) is 7.02. The van der Waals surface area contributed by atoms with Crippen LogP contribution in [-0.2, 0) is 0 Å². The Bertz CT molecular complexity index is 326. The lowest BCUT2D eigenvalue weighted by molar-refractivity contribution is 0.519. The maximum absolute atomic E-state index is 3.78. The number of allylic oxidation sites excluding steroid dienone is 1. The average Bonchev–Trinajstić information content (AvgIpc) is 2.22. The molecule has 0 saturated heterocycles. The zero-order valence-corrected chi connectivity index (χ0v) is 11.7. The molecule has 1 aromatic carbocycles. The first-order valence-corrected chi connectivity index (χ1v) is 6.58. The van der Waals surface area contributed by atoms with Crippen LogP contribution >= 0.6 is 15.9 Å². The Hall–Kier alpha value is -0.600. The zero-order chi connectivity index (χ0) is 12.0. The fraction of sp³-hybridized carbons (Fsp3) is 0.429. The molecule has 0 aliphatic carbocycles. The molecule has 0 aliphatic rings. The summed E-state index contributed by atoms with van der Waals surface area (Å²) in [7, 11) is 0. The number of hydrogen-bond donors (Lipinski definition) is 1. The minimum atomic E-state index is 0.430. The van der Waals surface area contributed by atoms with Crippen LogP contribution in [0.2, 0.25) is 0 Å². The molecule has 1 nitrogen and oxygen atoms in total. The second-order valence-corrected chi connectivity index (χ2v) is 4.95. The quantitative estimate of drug-likeness (QED) is 0.764. The van der Waals surface area contributed by atoms with E-state index in [0.29, 0.717) is 6.04 Å². The molecule has 0 radical (unpaired) electrons. The summed E-state index contributed by atoms with van der Waals surface area (Å²) in [5, 5.41) is 3.52. The van der Waals surface area contributed by atoms with Crippen molar-refractivity contribution in [3.8, 4) is 0 Å². The van der Waals surface area contributed by atoms with E-state index in [9.17, 15) is 0 Å². The van der Waals surface area contributed by atoms with Gasteiger partial charge in [0.05, 0.1) is 0 Å². The highest BCUT2D eigenvalue weighted by Gasteiger charge is 2.10. The lowest BCUT2D eigenvalue weighted by Gasteiger charge is -2.18. The van der Waals surface area contributed by atoms with Crippen molar-refractivity contribution in [1.29, 1.82) is 0 Å². The summed E-state index contributed by atoms with van der Waals surface area (Å²) < 4.78 is 1.16. The summed E-state index contributed by atoms with van der Waals surface area (Å²) in [5.74, 6) is 0. The maximum atomic E-state index is 3.78. The molecule has 0 spiro atoms. The molecule has 1 rings (SSSR count). The fourth-order valence-corrected chi connectivity index (χ4v) is 2.51. The maximum Gasteiger partial charge on any atom is 0.0323 e. The Labute approximate surface area is 107 Å². The molecule has 1 N–H and O–H groups in total. The highest BCUT2D eigenvalue weighted by atomic mass is 79.9. The topological polar surface area (TPSA) is 12.0 Å². The monoisotopic (exact) mass is 281 g/mol. The van der Waals surface area contributed by atoms with Gasteiger partial charge in [-0.2, -0.15) is 0 Å². The molecule has 0 saturated carbocycles. The van der Waals surface area contributed by atoms with E-state index in [1.54, 1.807) is 0 Å². The molecule has 1 aromatic rings. The Kier molecular flexibility index (Phi) is 5.78. The predicted molar refractivity (Wildman–Crippen MR) is 74.7 cm³/mol. The molecule has 2 heteroatoms. The van der Waals surface area contributed by atoms with E-state index in [1.165, 1.54) is 11.1 Å². The summed E-state index contributed by atoms with van der Waals surface area (Å²) in [5.41, 5.74) is 2.65. The van der Waals surface area contributed by atoms with E-state index < -0.39 is 0 Å². The van der Waals surface area contributed by atoms with Crippen LogP contribution in [0.1, 0.15) is 36.9 Å². The first-order chi connectivity index (χ1) is 7.67. The first-order valence-electron chi connectivity index (χ1n) is 5.78. The lowest BCUT2D eigenvalue weighted by atomic mass is 10.00. The molecule has 0 bridgehead atoms. The van der Waals surface area contributed by atoms with Crippen LogP contribution in [0.25, 0.3) is 0 Å². The van der Waals surface area contributed by atoms with Crippen LogP contribution in [0.5, 0.6) is 0 Å². The second kappa shape index (κ2) is 6.87. The fourth-order valence-electron chi connectivity index (χ4n) is 1.88. The molecule has 0 fully saturated rings. The number of benzene rings is 1. The highest BCUT2D eigenvalue weighted by molar-refractivity contribution is 9.10. The van der Waals surface area contributed by atoms with Gasteiger partial charge in [-0.1, -0.05) is 35.0 Å². The van der Waals surface area contributed by atoms with Gasteiger partial charge in [-0.25, -0.2) is 0 Å². The van der Waals surface area contributed by atoms with Gasteiger partial charge in [-0.15, -0.1) is 6.58 Å². The molecule has 0 amide bonds. The molecule has 1 atom stereocenters. The molecule has 0 aliphatic heterocycles. The largest absolute Gasteiger partial charge is 0.310 e. The molecular formula is C14H20BrN. The minimum absolute atomic E-state index is 0.430. The summed E-state index contributed by atoms with van der Waals surface area (Å²) >= 11 is 3.55. The van der Waals surface area contributed by atoms with Gasteiger partial charge in [0.2, 0.25) is 0 Å². The van der Waals surface area contributed by atoms with Crippen molar-refractivity contribution in [1.82, 2.24) is 5.32 Å². The number of aryl methyl sites for hydroxylation is 1. The average molecular weight is 282 g/mol. The van der Waals surface area contributed by atoms with Crippen molar-refractivity contribution in [3.63, 3.8) is 0 Å². The van der Waals surface area contributed by atoms with Crippen LogP contribution in [0, 0.1) is 6.92 Å². The third kappa shape index (κ3) is 4.11. The molecule has 88 valence electrons. The Morgan fingerprint density at radius 2 is 2.19 bits per heavy atom. The summed E-state index contributed by atoms with van der Waals surface area (Å²) in [4.78, 5) is 0. The third-order valence-electron chi connectivity index (χ3n) is 2.58. The normalized spacial score (nSPS) is 12.4. The van der Waals surface area contributed by atoms with Gasteiger partial charge in [0, 0.05) is 10.5 Å². The van der Waals surface area contributed by atoms with Crippen molar-refractivity contribution < 1.29 is 0 Å². The predicted octanol–water partition coefficient (Wildman–Crippen LogP) is 4.37. The summed E-state index contributed by atoms with van der Waals surface area (Å²) in [6.07, 6.45) is 4.13. The standard InChI is InChI=1S/C14H20BrN/c1-4-6-7-14(16-5-2)12-8-11(3)9-13(15)10-12/h4,8-10,14,16H,1,5-7H2,2-3H3. The van der Waals surface area contributed by atoms with E-state index >= 15 is 0 Å². The van der Waals surface area contributed by atoms with E-state index in [4.69, 9.17) is 0 Å². The van der Waals surface area contributed by atoms with Crippen LogP contribution in [-0.4, -0.2) is 6.54 Å². The van der Waals surface area contributed by atoms with Gasteiger partial charge in [0.1, 0.15) is 0 Å². The molecule has 0 heterocycles. The smallest absolute Gasteiger partial charge is 0.0323 e. The van der Waals surface area contributed by atoms with Gasteiger partial charge in [-0.3, -0.25) is 0 Å². The molecular weight excluding hydrogens is 262 g/mol. The van der Waals surface area contributed by atoms with Gasteiger partial charge < -0.3 is 5.32 Å². The number of rotatable bonds is 6. The zero-order valence-electron chi connectivity index (χ0n) is 10.1. The third-order valence-corrected chi connectivity index (χ3v) is 3.03. The van der Waals surface area contributed by atoms with Crippen molar-refractivity contribution in [3.05, 3.63) is 46.5 Å². The minimum Gasteiger partial charge on any atom is -0.310 e. The number of halogens is 1. The molecule has 0 aromatic heterocycles. The Morgan fingerprint density at radius 3 is 2.75 bits per heavy atom. The van der Waals surface area contributed by atoms with Crippen molar-refractivity contribution in [2.75, 3.05) is 6.54 Å². The SMILES string of the molecule is C=CCCC(NCC)c1cc(C)cc(Br)c1. The van der Waals surface area contributed by atoms with Gasteiger partial charge in [0.25, 0.3) is 0 Å². The van der Waals surface area contributed by atoms with Crippen LogP contribution in [0.3, 0.4) is 0 Å². The van der Waals surface area contributed by atoms with Gasteiger partial charge in [-0.05, 0) is 49.6 Å². The Balaban J connectivity index is 2.85. The highest BCUT2D eigenvalue weighted by Crippen LogP contribution is 2.23. The molecule has 1 unspecified atom stereocenters. The van der Waals surface area contributed by atoms with E-state index in [2.05, 4.69) is 59.9 Å². The van der Waals surface area contributed by atoms with Gasteiger partial charge in [0.15, 0.2) is 0 Å². The van der Waals surface area contributed by atoms with Crippen molar-refractivity contribution in [2.45, 2.75) is 32.7 Å². The van der Waals surface area contributed by atoms with E-state index in [-0.39, 0.29) is 0 Å². The second-order valence-electron chi connectivity index (χ2n) is 4.04. The van der Waals surface area contributed by atoms with E-state index in [1.807, 2.05) is 6.08 Å². The molecule has 16 heavy (non-hydrogen) atoms. The van der Waals surface area contributed by atoms with Crippen LogP contribution < -0.4 is 5.32 Å². The van der Waals surface area contributed by atoms with E-state index in [0.717, 1.165) is 23.9 Å².